The predicted octanol–water partition coefficient (Wildman–Crippen LogP) is 1.50. The fourth-order valence-corrected chi connectivity index (χ4v) is 1.85. The number of hydrogen-bond donors (Lipinski definition) is 0. The van der Waals surface area contributed by atoms with Gasteiger partial charge in [-0.25, -0.2) is 0 Å². The van der Waals surface area contributed by atoms with Crippen LogP contribution < -0.4 is 0 Å². The molecular formula is C14H20O4. The Bertz CT molecular complexity index is 309. The van der Waals surface area contributed by atoms with Crippen molar-refractivity contribution in [1.29, 1.82) is 0 Å². The van der Waals surface area contributed by atoms with Gasteiger partial charge in [-0.1, -0.05) is 11.8 Å². The molecule has 0 N–H and O–H groups in total. The van der Waals surface area contributed by atoms with Crippen molar-refractivity contribution < 1.29 is 18.9 Å². The van der Waals surface area contributed by atoms with Crippen molar-refractivity contribution in [2.75, 3.05) is 33.0 Å². The standard InChI is InChI=1S/C14H20O4/c1(5-13-6-2-4-8-17-13)3-7-15-11-14-12-16-9-10-18-14/h4,8,13-14H,2,5-7,9-12H2. The third-order valence-corrected chi connectivity index (χ3v) is 2.84. The normalized spacial score (nSPS) is 27.1. The van der Waals surface area contributed by atoms with E-state index in [2.05, 4.69) is 11.8 Å². The first-order valence-electron chi connectivity index (χ1n) is 6.48. The molecule has 0 spiro atoms. The van der Waals surface area contributed by atoms with Gasteiger partial charge in [0.15, 0.2) is 0 Å². The maximum atomic E-state index is 5.45. The first kappa shape index (κ1) is 13.4. The molecule has 1 fully saturated rings. The summed E-state index contributed by atoms with van der Waals surface area (Å²) in [6.45, 7) is 2.97. The molecule has 2 unspecified atom stereocenters. The van der Waals surface area contributed by atoms with Crippen LogP contribution in [0.4, 0.5) is 0 Å². The highest BCUT2D eigenvalue weighted by atomic mass is 16.6. The van der Waals surface area contributed by atoms with Gasteiger partial charge in [-0.3, -0.25) is 0 Å². The van der Waals surface area contributed by atoms with Crippen molar-refractivity contribution >= 4 is 0 Å². The molecule has 0 bridgehead atoms. The van der Waals surface area contributed by atoms with E-state index < -0.39 is 0 Å². The maximum Gasteiger partial charge on any atom is 0.109 e. The Hall–Kier alpha value is -1.02. The van der Waals surface area contributed by atoms with E-state index in [0.29, 0.717) is 33.0 Å². The summed E-state index contributed by atoms with van der Waals surface area (Å²) < 4.78 is 21.6. The molecule has 0 aromatic rings. The second kappa shape index (κ2) is 8.15. The van der Waals surface area contributed by atoms with Gasteiger partial charge in [0.25, 0.3) is 0 Å². The first-order valence-corrected chi connectivity index (χ1v) is 6.48. The molecule has 2 heterocycles. The summed E-state index contributed by atoms with van der Waals surface area (Å²) in [5.41, 5.74) is 0. The second-order valence-corrected chi connectivity index (χ2v) is 4.35. The van der Waals surface area contributed by atoms with Gasteiger partial charge in [0, 0.05) is 6.42 Å². The van der Waals surface area contributed by atoms with Crippen LogP contribution in [-0.4, -0.2) is 45.2 Å². The van der Waals surface area contributed by atoms with Gasteiger partial charge in [0.1, 0.15) is 18.8 Å². The van der Waals surface area contributed by atoms with Gasteiger partial charge in [-0.2, -0.15) is 0 Å². The lowest BCUT2D eigenvalue weighted by atomic mass is 10.1. The van der Waals surface area contributed by atoms with E-state index in [1.807, 2.05) is 6.08 Å². The van der Waals surface area contributed by atoms with Crippen LogP contribution in [-0.2, 0) is 18.9 Å². The van der Waals surface area contributed by atoms with Crippen LogP contribution in [0.15, 0.2) is 12.3 Å². The zero-order valence-corrected chi connectivity index (χ0v) is 10.6. The highest BCUT2D eigenvalue weighted by Crippen LogP contribution is 2.12. The molecule has 4 nitrogen and oxygen atoms in total. The lowest BCUT2D eigenvalue weighted by Gasteiger charge is -2.22. The van der Waals surface area contributed by atoms with Gasteiger partial charge >= 0.3 is 0 Å². The zero-order chi connectivity index (χ0) is 12.5. The Kier molecular flexibility index (Phi) is 6.07. The molecule has 2 aliphatic rings. The summed E-state index contributed by atoms with van der Waals surface area (Å²) in [5.74, 6) is 6.09. The van der Waals surface area contributed by atoms with Crippen LogP contribution in [0.5, 0.6) is 0 Å². The van der Waals surface area contributed by atoms with Gasteiger partial charge in [0.2, 0.25) is 0 Å². The molecule has 0 aromatic heterocycles. The van der Waals surface area contributed by atoms with E-state index in [9.17, 15) is 0 Å². The largest absolute Gasteiger partial charge is 0.497 e. The fourth-order valence-electron chi connectivity index (χ4n) is 1.85. The minimum absolute atomic E-state index is 0.0624. The number of rotatable bonds is 4. The lowest BCUT2D eigenvalue weighted by Crippen LogP contribution is -2.32. The number of allylic oxidation sites excluding steroid dienone is 1. The van der Waals surface area contributed by atoms with E-state index in [1.165, 1.54) is 0 Å². The van der Waals surface area contributed by atoms with Gasteiger partial charge in [-0.05, 0) is 18.9 Å². The van der Waals surface area contributed by atoms with Crippen LogP contribution in [0.1, 0.15) is 19.3 Å². The summed E-state index contributed by atoms with van der Waals surface area (Å²) in [7, 11) is 0. The van der Waals surface area contributed by atoms with Crippen LogP contribution in [0.3, 0.4) is 0 Å². The van der Waals surface area contributed by atoms with E-state index >= 15 is 0 Å². The van der Waals surface area contributed by atoms with Crippen molar-refractivity contribution in [2.24, 2.45) is 0 Å². The van der Waals surface area contributed by atoms with Crippen LogP contribution in [0.25, 0.3) is 0 Å². The van der Waals surface area contributed by atoms with Crippen LogP contribution >= 0.6 is 0 Å². The summed E-state index contributed by atoms with van der Waals surface area (Å²) in [4.78, 5) is 0. The minimum atomic E-state index is 0.0624. The highest BCUT2D eigenvalue weighted by Gasteiger charge is 2.13. The third-order valence-electron chi connectivity index (χ3n) is 2.84. The summed E-state index contributed by atoms with van der Waals surface area (Å²) in [6.07, 6.45) is 7.04. The summed E-state index contributed by atoms with van der Waals surface area (Å²) in [6, 6.07) is 0. The Morgan fingerprint density at radius 1 is 1.22 bits per heavy atom. The van der Waals surface area contributed by atoms with Crippen molar-refractivity contribution in [3.05, 3.63) is 12.3 Å². The third kappa shape index (κ3) is 5.09. The molecule has 2 rings (SSSR count). The smallest absolute Gasteiger partial charge is 0.109 e. The molecule has 100 valence electrons. The van der Waals surface area contributed by atoms with Crippen LogP contribution in [0.2, 0.25) is 0 Å². The summed E-state index contributed by atoms with van der Waals surface area (Å²) >= 11 is 0. The van der Waals surface area contributed by atoms with Gasteiger partial charge in [-0.15, -0.1) is 0 Å². The lowest BCUT2D eigenvalue weighted by molar-refractivity contribution is -0.112. The molecule has 0 radical (unpaired) electrons. The van der Waals surface area contributed by atoms with Gasteiger partial charge < -0.3 is 18.9 Å². The molecule has 0 aliphatic carbocycles. The highest BCUT2D eigenvalue weighted by molar-refractivity contribution is 5.01. The van der Waals surface area contributed by atoms with Crippen molar-refractivity contribution in [3.63, 3.8) is 0 Å². The molecular weight excluding hydrogens is 232 g/mol. The SMILES string of the molecule is C(#CCC1CCC=CO1)COCC1COCCO1. The van der Waals surface area contributed by atoms with Crippen molar-refractivity contribution in [3.8, 4) is 11.8 Å². The molecule has 0 amide bonds. The molecule has 2 atom stereocenters. The van der Waals surface area contributed by atoms with E-state index in [-0.39, 0.29) is 12.2 Å². The first-order chi connectivity index (χ1) is 8.95. The molecule has 2 aliphatic heterocycles. The Labute approximate surface area is 108 Å². The molecule has 18 heavy (non-hydrogen) atoms. The Morgan fingerprint density at radius 3 is 3.00 bits per heavy atom. The average molecular weight is 252 g/mol. The monoisotopic (exact) mass is 252 g/mol. The fraction of sp³-hybridized carbons (Fsp3) is 0.714. The minimum Gasteiger partial charge on any atom is -0.497 e. The topological polar surface area (TPSA) is 36.9 Å². The van der Waals surface area contributed by atoms with E-state index in [1.54, 1.807) is 6.26 Å². The van der Waals surface area contributed by atoms with Crippen LogP contribution in [0, 0.1) is 11.8 Å². The number of ether oxygens (including phenoxy) is 4. The molecule has 1 saturated heterocycles. The Balaban J connectivity index is 1.51. The van der Waals surface area contributed by atoms with E-state index in [4.69, 9.17) is 18.9 Å². The maximum absolute atomic E-state index is 5.45. The second-order valence-electron chi connectivity index (χ2n) is 4.35. The average Bonchev–Trinajstić information content (AvgIpc) is 2.45. The Morgan fingerprint density at radius 2 is 2.22 bits per heavy atom. The zero-order valence-electron chi connectivity index (χ0n) is 10.6. The van der Waals surface area contributed by atoms with Crippen molar-refractivity contribution in [1.82, 2.24) is 0 Å². The molecule has 0 saturated carbocycles. The quantitative estimate of drug-likeness (QED) is 0.561. The van der Waals surface area contributed by atoms with E-state index in [0.717, 1.165) is 19.3 Å². The van der Waals surface area contributed by atoms with Gasteiger partial charge in [0.05, 0.1) is 32.7 Å². The van der Waals surface area contributed by atoms with Crippen molar-refractivity contribution in [2.45, 2.75) is 31.5 Å². The summed E-state index contributed by atoms with van der Waals surface area (Å²) in [5, 5.41) is 0. The molecule has 0 aromatic carbocycles. The predicted molar refractivity (Wildman–Crippen MR) is 67.0 cm³/mol. The molecule has 4 heteroatoms. The number of hydrogen-bond acceptors (Lipinski definition) is 4.